The number of ether oxygens (including phenoxy) is 5. The number of anilines is 4. The van der Waals surface area contributed by atoms with E-state index in [4.69, 9.17) is 23.7 Å². The van der Waals surface area contributed by atoms with E-state index < -0.39 is 143 Å². The monoisotopic (exact) mass is 1610 g/mol. The molecule has 8 aliphatic heterocycles. The summed E-state index contributed by atoms with van der Waals surface area (Å²) in [6.07, 6.45) is -1.84. The summed E-state index contributed by atoms with van der Waals surface area (Å²) in [6.45, 7) is 11.3. The summed E-state index contributed by atoms with van der Waals surface area (Å²) < 4.78 is 28.7. The van der Waals surface area contributed by atoms with Gasteiger partial charge in [0, 0.05) is 44.4 Å². The molecule has 23 nitrogen and oxygen atoms in total. The zero-order valence-corrected chi connectivity index (χ0v) is 53.8. The Morgan fingerprint density at radius 2 is 0.513 bits per heavy atom. The Kier molecular flexibility index (Phi) is 45.2. The Labute approximate surface area is 689 Å². The van der Waals surface area contributed by atoms with Gasteiger partial charge in [-0.2, -0.15) is 0 Å². The molecular weight excluding hydrogens is 1470 g/mol. The number of hydrogen-bond acceptors (Lipinski definition) is 19. The van der Waals surface area contributed by atoms with Crippen molar-refractivity contribution in [3.63, 3.8) is 0 Å². The number of hydrogen-bond donors (Lipinski definition) is 3. The van der Waals surface area contributed by atoms with Crippen LogP contribution in [0.3, 0.4) is 0 Å². The van der Waals surface area contributed by atoms with Crippen LogP contribution in [0.25, 0.3) is 0 Å². The first-order valence-electron chi connectivity index (χ1n) is 32.5. The molecule has 8 amide bonds. The van der Waals surface area contributed by atoms with Crippen LogP contribution in [0, 0.1) is 71.0 Å². The Balaban J connectivity index is -0.000000451. The lowest BCUT2D eigenvalue weighted by Crippen LogP contribution is -2.48. The van der Waals surface area contributed by atoms with Crippen molar-refractivity contribution in [2.45, 2.75) is 231 Å². The van der Waals surface area contributed by atoms with E-state index in [0.29, 0.717) is 41.3 Å². The average Bonchev–Trinajstić information content (AvgIpc) is 1.53. The van der Waals surface area contributed by atoms with Gasteiger partial charge in [-0.25, -0.2) is 9.80 Å². The van der Waals surface area contributed by atoms with Gasteiger partial charge in [-0.1, -0.05) is 186 Å². The van der Waals surface area contributed by atoms with E-state index in [-0.39, 0.29) is 192 Å². The van der Waals surface area contributed by atoms with Crippen molar-refractivity contribution in [3.8, 4) is 34.5 Å². The van der Waals surface area contributed by atoms with Crippen LogP contribution in [-0.4, -0.2) is 105 Å². The molecule has 0 radical (unpaired) electrons. The Hall–Kier alpha value is -10.4. The minimum absolute atomic E-state index is 0. The van der Waals surface area contributed by atoms with E-state index in [1.807, 2.05) is 38.1 Å². The quantitative estimate of drug-likeness (QED) is 0.0489. The van der Waals surface area contributed by atoms with E-state index in [1.54, 1.807) is 38.1 Å². The van der Waals surface area contributed by atoms with Crippen LogP contribution in [0.15, 0.2) is 146 Å². The van der Waals surface area contributed by atoms with Crippen molar-refractivity contribution >= 4 is 87.9 Å². The molecule has 8 fully saturated rings. The van der Waals surface area contributed by atoms with Crippen LogP contribution in [0.1, 0.15) is 218 Å². The molecule has 18 unspecified atom stereocenters. The smallest absolute Gasteiger partial charge is 0.308 e. The van der Waals surface area contributed by atoms with E-state index in [1.165, 1.54) is 118 Å². The number of rotatable bonds is 15. The van der Waals surface area contributed by atoms with Crippen LogP contribution >= 0.6 is 0 Å². The van der Waals surface area contributed by atoms with Gasteiger partial charge in [0.25, 0.3) is 0 Å². The molecule has 8 heterocycles. The summed E-state index contributed by atoms with van der Waals surface area (Å²) in [7, 11) is 0. The fourth-order valence-electron chi connectivity index (χ4n) is 17.3. The van der Waals surface area contributed by atoms with Crippen molar-refractivity contribution in [3.05, 3.63) is 157 Å². The van der Waals surface area contributed by atoms with Gasteiger partial charge in [0.1, 0.15) is 34.5 Å². The fourth-order valence-corrected chi connectivity index (χ4v) is 17.3. The molecule has 18 atom stereocenters. The van der Waals surface area contributed by atoms with Gasteiger partial charge in [-0.15, -0.1) is 0 Å². The molecule has 0 spiro atoms. The maximum absolute atomic E-state index is 14.5. The SMILES string of the molecule is C.C.C.C.C.C.C.C.C.C.C.C.C.C.C.C.C.C.CCC(c1ccc(O)cc1)C1C2OC(C3C(=O)N(c4ccc(O)cc4)C(=O)C23)C1C1C(=O)N(c2ccc(O)cc2)C(=O)C1C.CCC(c1ccc(OC(C)=O)cc1)C1C2OC(C3C(=O)N(c4ccc(OC(C)=O)cc4)C(=O)C23)C1C1C(=O)N(c2ccc(OC(C)=O)cc2)C(=O)C1C. The number of amides is 8. The Morgan fingerprint density at radius 3 is 0.757 bits per heavy atom. The van der Waals surface area contributed by atoms with Gasteiger partial charge >= 0.3 is 17.9 Å². The zero-order valence-electron chi connectivity index (χ0n) is 53.8. The van der Waals surface area contributed by atoms with E-state index >= 15 is 0 Å². The average molecular weight is 1610 g/mol. The zero-order chi connectivity index (χ0) is 68.9. The van der Waals surface area contributed by atoms with Gasteiger partial charge in [0.15, 0.2) is 0 Å². The predicted octanol–water partition coefficient (Wildman–Crippen LogP) is 20.0. The number of imide groups is 4. The van der Waals surface area contributed by atoms with Crippen LogP contribution in [0.2, 0.25) is 0 Å². The third kappa shape index (κ3) is 19.6. The largest absolute Gasteiger partial charge is 0.508 e. The van der Waals surface area contributed by atoms with E-state index in [0.717, 1.165) is 30.7 Å². The summed E-state index contributed by atoms with van der Waals surface area (Å²) >= 11 is 0. The fraction of sp³-hybridized carbons (Fsp3) is 0.489. The maximum atomic E-state index is 14.5. The first-order chi connectivity index (χ1) is 46.4. The number of nitrogens with zero attached hydrogens (tertiary/aromatic N) is 4. The number of carbonyl (C=O) groups excluding carboxylic acids is 11. The van der Waals surface area contributed by atoms with Crippen LogP contribution in [0.5, 0.6) is 34.5 Å². The number of carbonyl (C=O) groups is 11. The van der Waals surface area contributed by atoms with Crippen LogP contribution in [-0.2, 0) is 62.2 Å². The summed E-state index contributed by atoms with van der Waals surface area (Å²) in [5.41, 5.74) is 3.09. The Morgan fingerprint density at radius 1 is 0.313 bits per heavy atom. The molecule has 6 aromatic carbocycles. The lowest BCUT2D eigenvalue weighted by molar-refractivity contribution is -0.132. The second-order valence-electron chi connectivity index (χ2n) is 26.2. The first-order valence-corrected chi connectivity index (χ1v) is 32.5. The number of benzene rings is 6. The molecule has 0 saturated carbocycles. The number of fused-ring (bicyclic) bond motifs is 10. The highest BCUT2D eigenvalue weighted by Crippen LogP contribution is 2.64. The van der Waals surface area contributed by atoms with E-state index in [9.17, 15) is 68.1 Å². The molecule has 644 valence electrons. The third-order valence-electron chi connectivity index (χ3n) is 21.0. The summed E-state index contributed by atoms with van der Waals surface area (Å²) in [5.74, 6) is -12.8. The number of phenols is 3. The number of aromatic hydroxyl groups is 3. The molecule has 0 aromatic heterocycles. The molecule has 6 aromatic rings. The second kappa shape index (κ2) is 45.1. The molecule has 3 N–H and O–H groups in total. The van der Waals surface area contributed by atoms with Gasteiger partial charge < -0.3 is 39.0 Å². The summed E-state index contributed by atoms with van der Waals surface area (Å²) in [5, 5.41) is 29.5. The van der Waals surface area contributed by atoms with Gasteiger partial charge in [-0.3, -0.25) is 62.5 Å². The van der Waals surface area contributed by atoms with Crippen molar-refractivity contribution in [1.29, 1.82) is 0 Å². The van der Waals surface area contributed by atoms with Crippen molar-refractivity contribution in [2.75, 3.05) is 19.6 Å². The van der Waals surface area contributed by atoms with Gasteiger partial charge in [-0.05, 0) is 169 Å². The predicted molar refractivity (Wildman–Crippen MR) is 465 cm³/mol. The highest BCUT2D eigenvalue weighted by molar-refractivity contribution is 6.25. The molecule has 14 rings (SSSR count). The minimum atomic E-state index is -0.891. The highest BCUT2D eigenvalue weighted by atomic mass is 16.5. The molecular formula is C92H142N4O19. The third-order valence-corrected chi connectivity index (χ3v) is 21.0. The normalized spacial score (nSPS) is 25.0. The minimum Gasteiger partial charge on any atom is -0.508 e. The summed E-state index contributed by atoms with van der Waals surface area (Å²) in [4.78, 5) is 152. The van der Waals surface area contributed by atoms with Crippen molar-refractivity contribution < 1.29 is 91.7 Å². The molecule has 8 aliphatic rings. The Bertz CT molecular complexity index is 4210. The lowest BCUT2D eigenvalue weighted by atomic mass is 9.58. The van der Waals surface area contributed by atoms with Crippen molar-refractivity contribution in [1.82, 2.24) is 0 Å². The second-order valence-corrected chi connectivity index (χ2v) is 26.2. The first kappa shape index (κ1) is 115. The molecule has 4 bridgehead atoms. The molecule has 0 aliphatic carbocycles. The maximum Gasteiger partial charge on any atom is 0.308 e. The molecule has 23 heteroatoms. The van der Waals surface area contributed by atoms with E-state index in [2.05, 4.69) is 0 Å². The highest BCUT2D eigenvalue weighted by Gasteiger charge is 2.74. The number of phenolic OH excluding ortho intramolecular Hbond substituents is 3. The number of esters is 3. The standard InChI is InChI=1S/C40H38N2O11.C34H32N2O8.18CH4/c1-6-29(23-7-13-26(14-8-23)50-20(3)43)31-32(30-19(2)37(46)41(38(30)47)24-9-15-27(16-10-24)51-21(4)44)36-34-33(35(31)53-36)39(48)42(40(34)49)25-11-17-28(18-12-25)52-22(5)45;1-3-23(17-4-10-20(37)11-5-17)25-26(24-16(2)31(40)35(32(24)41)18-6-12-21(38)13-7-18)30-28-27(29(25)44-30)33(42)36(34(28)43)19-8-14-22(39)15-9-19;;;;;;;;;;;;;;;;;;/h7-19,29-36H,6H2,1-5H3;4-16,23-30,37-39H,3H2,1-2H3;18*1H4. The van der Waals surface area contributed by atoms with Crippen LogP contribution < -0.4 is 33.8 Å². The van der Waals surface area contributed by atoms with Crippen molar-refractivity contribution in [2.24, 2.45) is 71.0 Å². The topological polar surface area (TPSA) is 308 Å². The lowest BCUT2D eigenvalue weighted by Gasteiger charge is -2.40. The van der Waals surface area contributed by atoms with Crippen LogP contribution in [0.4, 0.5) is 22.7 Å². The summed E-state index contributed by atoms with van der Waals surface area (Å²) in [6, 6.07) is 37.8. The van der Waals surface area contributed by atoms with Gasteiger partial charge in [0.05, 0.1) is 82.7 Å². The molecule has 8 saturated heterocycles. The molecule has 115 heavy (non-hydrogen) atoms. The van der Waals surface area contributed by atoms with Gasteiger partial charge in [0.2, 0.25) is 47.3 Å².